The zero-order valence-corrected chi connectivity index (χ0v) is 14.0. The van der Waals surface area contributed by atoms with E-state index in [0.717, 1.165) is 12.1 Å². The van der Waals surface area contributed by atoms with E-state index in [0.29, 0.717) is 17.4 Å². The second kappa shape index (κ2) is 7.00. The average molecular weight is 380 g/mol. The van der Waals surface area contributed by atoms with Gasteiger partial charge in [-0.2, -0.15) is 13.2 Å². The van der Waals surface area contributed by atoms with Crippen LogP contribution in [0.25, 0.3) is 0 Å². The molecule has 24 heavy (non-hydrogen) atoms. The van der Waals surface area contributed by atoms with Crippen LogP contribution >= 0.6 is 11.6 Å². The van der Waals surface area contributed by atoms with Crippen molar-refractivity contribution >= 4 is 21.6 Å². The summed E-state index contributed by atoms with van der Waals surface area (Å²) >= 11 is 5.49. The number of nitrogens with one attached hydrogen (secondary N) is 1. The van der Waals surface area contributed by atoms with Gasteiger partial charge in [0, 0.05) is 12.1 Å². The minimum atomic E-state index is -4.74. The predicted molar refractivity (Wildman–Crippen MR) is 83.5 cm³/mol. The Hall–Kier alpha value is -1.77. The summed E-state index contributed by atoms with van der Waals surface area (Å²) in [5.41, 5.74) is -0.655. The highest BCUT2D eigenvalue weighted by Crippen LogP contribution is 2.35. The van der Waals surface area contributed by atoms with Crippen molar-refractivity contribution in [1.29, 1.82) is 0 Å². The van der Waals surface area contributed by atoms with Crippen molar-refractivity contribution in [1.82, 2.24) is 4.72 Å². The van der Waals surface area contributed by atoms with Gasteiger partial charge in [-0.25, -0.2) is 13.1 Å². The van der Waals surface area contributed by atoms with Crippen LogP contribution in [0.2, 0.25) is 5.02 Å². The lowest BCUT2D eigenvalue weighted by atomic mass is 10.2. The first-order valence-electron chi connectivity index (χ1n) is 6.63. The molecular formula is C15H13ClF3NO3S. The molecule has 130 valence electrons. The van der Waals surface area contributed by atoms with Gasteiger partial charge in [0.1, 0.15) is 5.75 Å². The summed E-state index contributed by atoms with van der Waals surface area (Å²) in [6, 6.07) is 9.12. The Bertz CT molecular complexity index is 838. The van der Waals surface area contributed by atoms with Crippen molar-refractivity contribution in [2.24, 2.45) is 0 Å². The molecule has 0 aliphatic rings. The summed E-state index contributed by atoms with van der Waals surface area (Å²) in [4.78, 5) is -0.519. The molecule has 0 atom stereocenters. The molecule has 2 aromatic rings. The lowest BCUT2D eigenvalue weighted by Gasteiger charge is -2.13. The van der Waals surface area contributed by atoms with E-state index in [1.54, 1.807) is 24.3 Å². The van der Waals surface area contributed by atoms with Gasteiger partial charge in [0.15, 0.2) is 0 Å². The fraction of sp³-hybridized carbons (Fsp3) is 0.200. The molecule has 0 bridgehead atoms. The number of ether oxygens (including phenoxy) is 1. The zero-order chi connectivity index (χ0) is 18.0. The molecule has 1 N–H and O–H groups in total. The van der Waals surface area contributed by atoms with E-state index in [1.165, 1.54) is 7.11 Å². The first-order chi connectivity index (χ1) is 11.1. The Labute approximate surface area is 142 Å². The zero-order valence-electron chi connectivity index (χ0n) is 12.4. The van der Waals surface area contributed by atoms with Crippen LogP contribution in [0.3, 0.4) is 0 Å². The van der Waals surface area contributed by atoms with Crippen molar-refractivity contribution in [3.63, 3.8) is 0 Å². The topological polar surface area (TPSA) is 55.4 Å². The van der Waals surface area contributed by atoms with Gasteiger partial charge < -0.3 is 4.74 Å². The number of methoxy groups -OCH3 is 1. The number of halogens is 4. The van der Waals surface area contributed by atoms with E-state index in [9.17, 15) is 21.6 Å². The quantitative estimate of drug-likeness (QED) is 0.858. The Kier molecular flexibility index (Phi) is 5.42. The maximum Gasteiger partial charge on any atom is 0.417 e. The highest BCUT2D eigenvalue weighted by atomic mass is 35.5. The van der Waals surface area contributed by atoms with Crippen molar-refractivity contribution in [3.8, 4) is 5.75 Å². The molecule has 9 heteroatoms. The van der Waals surface area contributed by atoms with E-state index >= 15 is 0 Å². The van der Waals surface area contributed by atoms with Gasteiger partial charge in [0.05, 0.1) is 22.6 Å². The van der Waals surface area contributed by atoms with Gasteiger partial charge in [-0.15, -0.1) is 0 Å². The highest BCUT2D eigenvalue weighted by Gasteiger charge is 2.34. The van der Waals surface area contributed by atoms with Crippen molar-refractivity contribution < 1.29 is 26.3 Å². The molecule has 0 fully saturated rings. The monoisotopic (exact) mass is 379 g/mol. The summed E-state index contributed by atoms with van der Waals surface area (Å²) in [6.07, 6.45) is -4.74. The number of hydrogen-bond donors (Lipinski definition) is 1. The van der Waals surface area contributed by atoms with Crippen LogP contribution in [0.5, 0.6) is 5.75 Å². The molecule has 0 heterocycles. The minimum absolute atomic E-state index is 0.129. The third kappa shape index (κ3) is 4.19. The van der Waals surface area contributed by atoms with Crippen LogP contribution in [-0.2, 0) is 22.7 Å². The number of alkyl halides is 3. The lowest BCUT2D eigenvalue weighted by molar-refractivity contribution is -0.137. The number of benzene rings is 2. The summed E-state index contributed by atoms with van der Waals surface area (Å²) in [5.74, 6) is 0.465. The smallest absolute Gasteiger partial charge is 0.417 e. The van der Waals surface area contributed by atoms with Crippen LogP contribution < -0.4 is 9.46 Å². The molecule has 0 amide bonds. The Morgan fingerprint density at radius 3 is 2.46 bits per heavy atom. The fourth-order valence-corrected chi connectivity index (χ4v) is 3.25. The van der Waals surface area contributed by atoms with Crippen molar-refractivity contribution in [2.45, 2.75) is 17.6 Å². The molecule has 4 nitrogen and oxygen atoms in total. The molecule has 0 saturated carbocycles. The molecule has 2 aromatic carbocycles. The van der Waals surface area contributed by atoms with Crippen LogP contribution in [0.4, 0.5) is 13.2 Å². The van der Waals surface area contributed by atoms with Gasteiger partial charge in [-0.3, -0.25) is 0 Å². The summed E-state index contributed by atoms with van der Waals surface area (Å²) in [6.45, 7) is -0.129. The third-order valence-electron chi connectivity index (χ3n) is 3.20. The Morgan fingerprint density at radius 1 is 1.17 bits per heavy atom. The molecular weight excluding hydrogens is 367 g/mol. The van der Waals surface area contributed by atoms with Gasteiger partial charge in [-0.05, 0) is 24.3 Å². The molecule has 0 unspecified atom stereocenters. The maximum atomic E-state index is 12.9. The SMILES string of the molecule is COc1ccccc1CNS(=O)(=O)c1ccc(Cl)c(C(F)(F)F)c1. The molecule has 0 radical (unpaired) electrons. The fourth-order valence-electron chi connectivity index (χ4n) is 1.99. The van der Waals surface area contributed by atoms with Crippen LogP contribution in [0, 0.1) is 0 Å². The Balaban J connectivity index is 2.28. The summed E-state index contributed by atoms with van der Waals surface area (Å²) in [5, 5.41) is -0.564. The van der Waals surface area contributed by atoms with Gasteiger partial charge in [0.2, 0.25) is 10.0 Å². The lowest BCUT2D eigenvalue weighted by Crippen LogP contribution is -2.24. The van der Waals surface area contributed by atoms with Crippen molar-refractivity contribution in [3.05, 3.63) is 58.6 Å². The number of rotatable bonds is 5. The molecule has 0 saturated heterocycles. The molecule has 2 rings (SSSR count). The van der Waals surface area contributed by atoms with Crippen molar-refractivity contribution in [2.75, 3.05) is 7.11 Å². The first kappa shape index (κ1) is 18.6. The van der Waals surface area contributed by atoms with Crippen LogP contribution in [-0.4, -0.2) is 15.5 Å². The molecule has 0 aliphatic carbocycles. The largest absolute Gasteiger partial charge is 0.496 e. The second-order valence-electron chi connectivity index (χ2n) is 4.78. The normalized spacial score (nSPS) is 12.2. The molecule has 0 aromatic heterocycles. The second-order valence-corrected chi connectivity index (χ2v) is 6.95. The molecule has 0 aliphatic heterocycles. The van der Waals surface area contributed by atoms with E-state index < -0.39 is 31.7 Å². The van der Waals surface area contributed by atoms with E-state index in [4.69, 9.17) is 16.3 Å². The number of hydrogen-bond acceptors (Lipinski definition) is 3. The van der Waals surface area contributed by atoms with E-state index in [1.807, 2.05) is 0 Å². The minimum Gasteiger partial charge on any atom is -0.496 e. The number of para-hydroxylation sites is 1. The first-order valence-corrected chi connectivity index (χ1v) is 8.49. The van der Waals surface area contributed by atoms with Crippen LogP contribution in [0.15, 0.2) is 47.4 Å². The van der Waals surface area contributed by atoms with Crippen LogP contribution in [0.1, 0.15) is 11.1 Å². The Morgan fingerprint density at radius 2 is 1.83 bits per heavy atom. The standard InChI is InChI=1S/C15H13ClF3NO3S/c1-23-14-5-3-2-4-10(14)9-20-24(21,22)11-6-7-13(16)12(8-11)15(17,18)19/h2-8,20H,9H2,1H3. The summed E-state index contributed by atoms with van der Waals surface area (Å²) in [7, 11) is -2.71. The summed E-state index contributed by atoms with van der Waals surface area (Å²) < 4.78 is 70.4. The van der Waals surface area contributed by atoms with Gasteiger partial charge in [0.25, 0.3) is 0 Å². The van der Waals surface area contributed by atoms with Gasteiger partial charge in [-0.1, -0.05) is 29.8 Å². The average Bonchev–Trinajstić information content (AvgIpc) is 2.52. The highest BCUT2D eigenvalue weighted by molar-refractivity contribution is 7.89. The van der Waals surface area contributed by atoms with E-state index in [2.05, 4.69) is 4.72 Å². The molecule has 0 spiro atoms. The number of sulfonamides is 1. The maximum absolute atomic E-state index is 12.9. The van der Waals surface area contributed by atoms with Gasteiger partial charge >= 0.3 is 6.18 Å². The third-order valence-corrected chi connectivity index (χ3v) is 4.93. The van der Waals surface area contributed by atoms with E-state index in [-0.39, 0.29) is 6.54 Å². The predicted octanol–water partition coefficient (Wildman–Crippen LogP) is 3.85.